The van der Waals surface area contributed by atoms with E-state index in [1.165, 1.54) is 0 Å². The Hall–Kier alpha value is -1.63. The highest BCUT2D eigenvalue weighted by atomic mass is 79.9. The molecule has 0 aromatic carbocycles. The Morgan fingerprint density at radius 1 is 1.35 bits per heavy atom. The summed E-state index contributed by atoms with van der Waals surface area (Å²) >= 11 is 3.28. The molecule has 108 valence electrons. The number of urea groups is 1. The Labute approximate surface area is 125 Å². The van der Waals surface area contributed by atoms with E-state index in [2.05, 4.69) is 31.5 Å². The molecule has 1 heterocycles. The van der Waals surface area contributed by atoms with Gasteiger partial charge in [0.15, 0.2) is 0 Å². The second kappa shape index (κ2) is 6.21. The molecule has 0 atom stereocenters. The minimum Gasteiger partial charge on any atom is -0.480 e. The van der Waals surface area contributed by atoms with Crippen LogP contribution in [0.1, 0.15) is 31.4 Å². The molecule has 0 saturated heterocycles. The number of halogens is 1. The first-order chi connectivity index (χ1) is 9.52. The van der Waals surface area contributed by atoms with Gasteiger partial charge in [-0.2, -0.15) is 0 Å². The van der Waals surface area contributed by atoms with E-state index in [-0.39, 0.29) is 6.54 Å². The van der Waals surface area contributed by atoms with Gasteiger partial charge >= 0.3 is 12.0 Å². The van der Waals surface area contributed by atoms with Crippen LogP contribution in [0.15, 0.2) is 22.8 Å². The van der Waals surface area contributed by atoms with Crippen molar-refractivity contribution in [2.45, 2.75) is 37.8 Å². The van der Waals surface area contributed by atoms with E-state index in [0.29, 0.717) is 18.5 Å². The lowest BCUT2D eigenvalue weighted by Gasteiger charge is -2.25. The number of aliphatic carboxylic acids is 1. The van der Waals surface area contributed by atoms with Crippen molar-refractivity contribution in [3.8, 4) is 0 Å². The van der Waals surface area contributed by atoms with E-state index in [0.717, 1.165) is 17.3 Å². The Morgan fingerprint density at radius 2 is 2.05 bits per heavy atom. The molecule has 1 aromatic rings. The molecule has 1 saturated carbocycles. The van der Waals surface area contributed by atoms with Gasteiger partial charge in [-0.05, 0) is 40.9 Å². The summed E-state index contributed by atoms with van der Waals surface area (Å²) in [6, 6.07) is 3.14. The molecule has 20 heavy (non-hydrogen) atoms. The zero-order chi connectivity index (χ0) is 14.6. The van der Waals surface area contributed by atoms with Crippen LogP contribution in [0.3, 0.4) is 0 Å². The second-order valence-electron chi connectivity index (χ2n) is 4.87. The molecule has 6 nitrogen and oxygen atoms in total. The van der Waals surface area contributed by atoms with Crippen LogP contribution in [0, 0.1) is 0 Å². The normalized spacial score (nSPS) is 16.6. The van der Waals surface area contributed by atoms with Crippen LogP contribution in [-0.4, -0.2) is 27.6 Å². The largest absolute Gasteiger partial charge is 0.480 e. The fraction of sp³-hybridized carbons (Fsp3) is 0.462. The molecule has 1 aliphatic rings. The van der Waals surface area contributed by atoms with Crippen LogP contribution in [0.2, 0.25) is 0 Å². The monoisotopic (exact) mass is 341 g/mol. The van der Waals surface area contributed by atoms with Crippen LogP contribution in [0.5, 0.6) is 0 Å². The van der Waals surface area contributed by atoms with Gasteiger partial charge in [0.2, 0.25) is 0 Å². The number of hydrogen-bond donors (Lipinski definition) is 3. The van der Waals surface area contributed by atoms with Crippen molar-refractivity contribution in [2.75, 3.05) is 0 Å². The summed E-state index contributed by atoms with van der Waals surface area (Å²) in [6.45, 7) is 0.259. The van der Waals surface area contributed by atoms with Gasteiger partial charge in [0.05, 0.1) is 12.2 Å². The summed E-state index contributed by atoms with van der Waals surface area (Å²) < 4.78 is 0.862. The van der Waals surface area contributed by atoms with Crippen LogP contribution in [0.25, 0.3) is 0 Å². The molecule has 0 aliphatic heterocycles. The molecule has 2 rings (SSSR count). The number of rotatable bonds is 4. The number of nitrogens with zero attached hydrogens (tertiary/aromatic N) is 1. The summed E-state index contributed by atoms with van der Waals surface area (Å²) in [5.74, 6) is -0.966. The van der Waals surface area contributed by atoms with E-state index in [1.54, 1.807) is 12.3 Å². The third-order valence-electron chi connectivity index (χ3n) is 3.44. The van der Waals surface area contributed by atoms with Crippen molar-refractivity contribution >= 4 is 27.9 Å². The SMILES string of the molecule is O=C(NCc1ccc(Br)cn1)NC1(C(=O)O)CCCC1. The van der Waals surface area contributed by atoms with Crippen molar-refractivity contribution in [1.82, 2.24) is 15.6 Å². The number of carboxylic acid groups (broad SMARTS) is 1. The molecule has 0 bridgehead atoms. The highest BCUT2D eigenvalue weighted by molar-refractivity contribution is 9.10. The fourth-order valence-corrected chi connectivity index (χ4v) is 2.55. The molecular formula is C13H16BrN3O3. The molecule has 1 aliphatic carbocycles. The molecular weight excluding hydrogens is 326 g/mol. The van der Waals surface area contributed by atoms with E-state index in [9.17, 15) is 14.7 Å². The number of nitrogens with one attached hydrogen (secondary N) is 2. The lowest BCUT2D eigenvalue weighted by Crippen LogP contribution is -2.55. The lowest BCUT2D eigenvalue weighted by atomic mass is 9.98. The third-order valence-corrected chi connectivity index (χ3v) is 3.91. The highest BCUT2D eigenvalue weighted by Gasteiger charge is 2.42. The van der Waals surface area contributed by atoms with Gasteiger partial charge in [0.25, 0.3) is 0 Å². The summed E-state index contributed by atoms with van der Waals surface area (Å²) in [6.07, 6.45) is 4.24. The maximum atomic E-state index is 11.8. The van der Waals surface area contributed by atoms with E-state index < -0.39 is 17.5 Å². The quantitative estimate of drug-likeness (QED) is 0.781. The zero-order valence-corrected chi connectivity index (χ0v) is 12.4. The van der Waals surface area contributed by atoms with Crippen molar-refractivity contribution < 1.29 is 14.7 Å². The number of carbonyl (C=O) groups excluding carboxylic acids is 1. The molecule has 3 N–H and O–H groups in total. The van der Waals surface area contributed by atoms with Crippen LogP contribution < -0.4 is 10.6 Å². The van der Waals surface area contributed by atoms with Gasteiger partial charge in [-0.3, -0.25) is 4.98 Å². The van der Waals surface area contributed by atoms with Crippen molar-refractivity contribution in [1.29, 1.82) is 0 Å². The van der Waals surface area contributed by atoms with Crippen molar-refractivity contribution in [2.24, 2.45) is 0 Å². The van der Waals surface area contributed by atoms with Gasteiger partial charge in [-0.25, -0.2) is 9.59 Å². The number of carboxylic acids is 1. The minimum atomic E-state index is -1.11. The molecule has 2 amide bonds. The Morgan fingerprint density at radius 3 is 2.60 bits per heavy atom. The highest BCUT2D eigenvalue weighted by Crippen LogP contribution is 2.29. The molecule has 0 unspecified atom stereocenters. The Bertz CT molecular complexity index is 498. The first-order valence-electron chi connectivity index (χ1n) is 6.42. The molecule has 1 fully saturated rings. The number of pyridine rings is 1. The maximum absolute atomic E-state index is 11.8. The Kier molecular flexibility index (Phi) is 4.59. The van der Waals surface area contributed by atoms with Crippen LogP contribution >= 0.6 is 15.9 Å². The van der Waals surface area contributed by atoms with E-state index >= 15 is 0 Å². The fourth-order valence-electron chi connectivity index (χ4n) is 2.31. The average molecular weight is 342 g/mol. The van der Waals surface area contributed by atoms with Gasteiger partial charge in [0.1, 0.15) is 5.54 Å². The number of hydrogen-bond acceptors (Lipinski definition) is 3. The topological polar surface area (TPSA) is 91.3 Å². The van der Waals surface area contributed by atoms with Crippen molar-refractivity contribution in [3.63, 3.8) is 0 Å². The number of aromatic nitrogens is 1. The van der Waals surface area contributed by atoms with E-state index in [4.69, 9.17) is 0 Å². The van der Waals surface area contributed by atoms with Crippen molar-refractivity contribution in [3.05, 3.63) is 28.5 Å². The predicted molar refractivity (Wildman–Crippen MR) is 76.1 cm³/mol. The van der Waals surface area contributed by atoms with Crippen LogP contribution in [-0.2, 0) is 11.3 Å². The second-order valence-corrected chi connectivity index (χ2v) is 5.79. The molecule has 7 heteroatoms. The van der Waals surface area contributed by atoms with E-state index in [1.807, 2.05) is 6.07 Å². The molecule has 1 aromatic heterocycles. The molecule has 0 spiro atoms. The number of amides is 2. The zero-order valence-electron chi connectivity index (χ0n) is 10.9. The summed E-state index contributed by atoms with van der Waals surface area (Å²) in [4.78, 5) is 27.3. The van der Waals surface area contributed by atoms with Gasteiger partial charge < -0.3 is 15.7 Å². The average Bonchev–Trinajstić information content (AvgIpc) is 2.88. The summed E-state index contributed by atoms with van der Waals surface area (Å²) in [5.41, 5.74) is -0.406. The van der Waals surface area contributed by atoms with Gasteiger partial charge in [0, 0.05) is 10.7 Å². The first kappa shape index (κ1) is 14.8. The maximum Gasteiger partial charge on any atom is 0.329 e. The Balaban J connectivity index is 1.89. The predicted octanol–water partition coefficient (Wildman–Crippen LogP) is 2.04. The first-order valence-corrected chi connectivity index (χ1v) is 7.21. The smallest absolute Gasteiger partial charge is 0.329 e. The molecule has 0 radical (unpaired) electrons. The minimum absolute atomic E-state index is 0.259. The summed E-state index contributed by atoms with van der Waals surface area (Å²) in [5, 5.41) is 14.5. The lowest BCUT2D eigenvalue weighted by molar-refractivity contribution is -0.144. The third kappa shape index (κ3) is 3.47. The van der Waals surface area contributed by atoms with Crippen LogP contribution in [0.4, 0.5) is 4.79 Å². The standard InChI is InChI=1S/C13H16BrN3O3/c14-9-3-4-10(15-7-9)8-16-12(20)17-13(11(18)19)5-1-2-6-13/h3-4,7H,1-2,5-6,8H2,(H,18,19)(H2,16,17,20). The number of carbonyl (C=O) groups is 2. The van der Waals surface area contributed by atoms with Gasteiger partial charge in [-0.15, -0.1) is 0 Å². The summed E-state index contributed by atoms with van der Waals surface area (Å²) in [7, 11) is 0. The van der Waals surface area contributed by atoms with Gasteiger partial charge in [-0.1, -0.05) is 12.8 Å².